The van der Waals surface area contributed by atoms with E-state index in [2.05, 4.69) is 26.1 Å². The van der Waals surface area contributed by atoms with E-state index in [0.29, 0.717) is 12.1 Å². The molecule has 98 valence electrons. The number of benzene rings is 1. The molecule has 0 bridgehead atoms. The molecule has 0 aliphatic rings. The number of nitrogens with one attached hydrogen (secondary N) is 1. The lowest BCUT2D eigenvalue weighted by atomic mass is 9.92. The molecule has 18 heavy (non-hydrogen) atoms. The van der Waals surface area contributed by atoms with Gasteiger partial charge in [0.1, 0.15) is 0 Å². The molecular formula is C14H19NO3. The highest BCUT2D eigenvalue weighted by Crippen LogP contribution is 2.17. The standard InChI is InChI=1S/C14H19NO3/c1-14(2,3)8-9-15-12(16)10-4-6-11(7-5-10)13(17)18/h4-7H,8-9H2,1-3H3,(H,15,16)(H,17,18). The maximum Gasteiger partial charge on any atom is 0.335 e. The fourth-order valence-corrected chi connectivity index (χ4v) is 1.42. The molecule has 0 radical (unpaired) electrons. The number of hydrogen-bond acceptors (Lipinski definition) is 2. The zero-order valence-corrected chi connectivity index (χ0v) is 11.0. The van der Waals surface area contributed by atoms with Crippen LogP contribution < -0.4 is 5.32 Å². The number of carboxylic acid groups (broad SMARTS) is 1. The highest BCUT2D eigenvalue weighted by Gasteiger charge is 2.11. The maximum absolute atomic E-state index is 11.8. The zero-order valence-electron chi connectivity index (χ0n) is 11.0. The Morgan fingerprint density at radius 1 is 1.11 bits per heavy atom. The first kappa shape index (κ1) is 14.2. The Morgan fingerprint density at radius 2 is 1.61 bits per heavy atom. The van der Waals surface area contributed by atoms with Crippen molar-refractivity contribution in [2.75, 3.05) is 6.54 Å². The highest BCUT2D eigenvalue weighted by molar-refractivity contribution is 5.95. The van der Waals surface area contributed by atoms with E-state index in [0.717, 1.165) is 6.42 Å². The lowest BCUT2D eigenvalue weighted by Crippen LogP contribution is -2.27. The van der Waals surface area contributed by atoms with Crippen LogP contribution >= 0.6 is 0 Å². The van der Waals surface area contributed by atoms with Crippen LogP contribution in [0.3, 0.4) is 0 Å². The van der Waals surface area contributed by atoms with Gasteiger partial charge in [-0.2, -0.15) is 0 Å². The molecule has 1 rings (SSSR count). The van der Waals surface area contributed by atoms with Gasteiger partial charge in [0.25, 0.3) is 5.91 Å². The van der Waals surface area contributed by atoms with Gasteiger partial charge < -0.3 is 10.4 Å². The first-order chi connectivity index (χ1) is 8.29. The van der Waals surface area contributed by atoms with Crippen molar-refractivity contribution in [3.05, 3.63) is 35.4 Å². The van der Waals surface area contributed by atoms with Crippen LogP contribution in [0.25, 0.3) is 0 Å². The molecule has 0 unspecified atom stereocenters. The van der Waals surface area contributed by atoms with Crippen molar-refractivity contribution >= 4 is 11.9 Å². The van der Waals surface area contributed by atoms with Crippen LogP contribution in [-0.4, -0.2) is 23.5 Å². The molecule has 0 spiro atoms. The molecule has 0 aromatic heterocycles. The van der Waals surface area contributed by atoms with Crippen molar-refractivity contribution in [2.24, 2.45) is 5.41 Å². The van der Waals surface area contributed by atoms with Crippen LogP contribution in [-0.2, 0) is 0 Å². The summed E-state index contributed by atoms with van der Waals surface area (Å²) in [6, 6.07) is 5.91. The summed E-state index contributed by atoms with van der Waals surface area (Å²) in [6.45, 7) is 6.95. The van der Waals surface area contributed by atoms with Crippen molar-refractivity contribution < 1.29 is 14.7 Å². The van der Waals surface area contributed by atoms with E-state index < -0.39 is 5.97 Å². The van der Waals surface area contributed by atoms with Gasteiger partial charge >= 0.3 is 5.97 Å². The Bertz CT molecular complexity index is 429. The van der Waals surface area contributed by atoms with E-state index in [1.807, 2.05) is 0 Å². The molecule has 4 heteroatoms. The van der Waals surface area contributed by atoms with Crippen molar-refractivity contribution in [2.45, 2.75) is 27.2 Å². The fourth-order valence-electron chi connectivity index (χ4n) is 1.42. The van der Waals surface area contributed by atoms with Crippen LogP contribution in [0, 0.1) is 5.41 Å². The number of rotatable bonds is 4. The van der Waals surface area contributed by atoms with Crippen LogP contribution in [0.2, 0.25) is 0 Å². The summed E-state index contributed by atoms with van der Waals surface area (Å²) in [7, 11) is 0. The maximum atomic E-state index is 11.8. The SMILES string of the molecule is CC(C)(C)CCNC(=O)c1ccc(C(=O)O)cc1. The first-order valence-corrected chi connectivity index (χ1v) is 5.91. The fraction of sp³-hybridized carbons (Fsp3) is 0.429. The van der Waals surface area contributed by atoms with E-state index in [1.54, 1.807) is 0 Å². The minimum Gasteiger partial charge on any atom is -0.478 e. The molecule has 0 atom stereocenters. The average Bonchev–Trinajstić information content (AvgIpc) is 2.27. The van der Waals surface area contributed by atoms with Crippen molar-refractivity contribution in [3.63, 3.8) is 0 Å². The summed E-state index contributed by atoms with van der Waals surface area (Å²) >= 11 is 0. The smallest absolute Gasteiger partial charge is 0.335 e. The van der Waals surface area contributed by atoms with Gasteiger partial charge in [0.15, 0.2) is 0 Å². The normalized spacial score (nSPS) is 11.1. The van der Waals surface area contributed by atoms with Crippen LogP contribution in [0.5, 0.6) is 0 Å². The minimum atomic E-state index is -0.991. The van der Waals surface area contributed by atoms with Gasteiger partial charge in [0, 0.05) is 12.1 Å². The Balaban J connectivity index is 2.54. The first-order valence-electron chi connectivity index (χ1n) is 5.91. The number of carbonyl (C=O) groups excluding carboxylic acids is 1. The molecule has 0 saturated carbocycles. The van der Waals surface area contributed by atoms with Gasteiger partial charge in [-0.25, -0.2) is 4.79 Å². The second-order valence-corrected chi connectivity index (χ2v) is 5.45. The van der Waals surface area contributed by atoms with Gasteiger partial charge in [-0.1, -0.05) is 20.8 Å². The van der Waals surface area contributed by atoms with Crippen LogP contribution in [0.1, 0.15) is 47.9 Å². The van der Waals surface area contributed by atoms with E-state index in [4.69, 9.17) is 5.11 Å². The molecule has 0 saturated heterocycles. The minimum absolute atomic E-state index is 0.170. The van der Waals surface area contributed by atoms with Gasteiger partial charge in [-0.3, -0.25) is 4.79 Å². The number of amides is 1. The topological polar surface area (TPSA) is 66.4 Å². The molecule has 1 aromatic rings. The molecule has 1 aromatic carbocycles. The number of hydrogen-bond donors (Lipinski definition) is 2. The molecule has 0 heterocycles. The lowest BCUT2D eigenvalue weighted by Gasteiger charge is -2.18. The van der Waals surface area contributed by atoms with Crippen LogP contribution in [0.4, 0.5) is 0 Å². The summed E-state index contributed by atoms with van der Waals surface area (Å²) < 4.78 is 0. The lowest BCUT2D eigenvalue weighted by molar-refractivity contribution is 0.0696. The van der Waals surface area contributed by atoms with E-state index >= 15 is 0 Å². The summed E-state index contributed by atoms with van der Waals surface area (Å²) in [5, 5.41) is 11.6. The third-order valence-electron chi connectivity index (χ3n) is 2.55. The van der Waals surface area contributed by atoms with Crippen molar-refractivity contribution in [1.29, 1.82) is 0 Å². The number of carboxylic acids is 1. The zero-order chi connectivity index (χ0) is 13.8. The van der Waals surface area contributed by atoms with Gasteiger partial charge in [-0.05, 0) is 36.1 Å². The Hall–Kier alpha value is -1.84. The molecule has 0 aliphatic carbocycles. The molecule has 0 fully saturated rings. The monoisotopic (exact) mass is 249 g/mol. The van der Waals surface area contributed by atoms with E-state index in [1.165, 1.54) is 24.3 Å². The third-order valence-corrected chi connectivity index (χ3v) is 2.55. The summed E-state index contributed by atoms with van der Waals surface area (Å²) in [5.74, 6) is -1.16. The summed E-state index contributed by atoms with van der Waals surface area (Å²) in [6.07, 6.45) is 0.895. The summed E-state index contributed by atoms with van der Waals surface area (Å²) in [5.41, 5.74) is 0.843. The van der Waals surface area contributed by atoms with E-state index in [-0.39, 0.29) is 16.9 Å². The van der Waals surface area contributed by atoms with Gasteiger partial charge in [-0.15, -0.1) is 0 Å². The number of carbonyl (C=O) groups is 2. The molecular weight excluding hydrogens is 230 g/mol. The predicted molar refractivity (Wildman–Crippen MR) is 69.8 cm³/mol. The van der Waals surface area contributed by atoms with Crippen molar-refractivity contribution in [1.82, 2.24) is 5.32 Å². The molecule has 1 amide bonds. The molecule has 0 aliphatic heterocycles. The average molecular weight is 249 g/mol. The second kappa shape index (κ2) is 5.67. The highest BCUT2D eigenvalue weighted by atomic mass is 16.4. The molecule has 4 nitrogen and oxygen atoms in total. The largest absolute Gasteiger partial charge is 0.478 e. The van der Waals surface area contributed by atoms with Gasteiger partial charge in [0.2, 0.25) is 0 Å². The third kappa shape index (κ3) is 4.57. The Morgan fingerprint density at radius 3 is 2.06 bits per heavy atom. The van der Waals surface area contributed by atoms with Crippen LogP contribution in [0.15, 0.2) is 24.3 Å². The van der Waals surface area contributed by atoms with Gasteiger partial charge in [0.05, 0.1) is 5.56 Å². The quantitative estimate of drug-likeness (QED) is 0.861. The second-order valence-electron chi connectivity index (χ2n) is 5.45. The number of aromatic carboxylic acids is 1. The Labute approximate surface area is 107 Å². The van der Waals surface area contributed by atoms with Crippen molar-refractivity contribution in [3.8, 4) is 0 Å². The summed E-state index contributed by atoms with van der Waals surface area (Å²) in [4.78, 5) is 22.4. The predicted octanol–water partition coefficient (Wildman–Crippen LogP) is 2.55. The molecule has 2 N–H and O–H groups in total. The Kier molecular flexibility index (Phi) is 4.48. The van der Waals surface area contributed by atoms with E-state index in [9.17, 15) is 9.59 Å².